The number of hydrogen-bond donors (Lipinski definition) is 3. The molecule has 1 saturated carbocycles. The molecule has 1 fully saturated rings. The molecule has 0 radical (unpaired) electrons. The number of nitrogens with zero attached hydrogens (tertiary/aromatic N) is 1. The van der Waals surface area contributed by atoms with E-state index in [1.165, 1.54) is 37.0 Å². The Labute approximate surface area is 148 Å². The first-order valence-electron chi connectivity index (χ1n) is 7.40. The highest BCUT2D eigenvalue weighted by atomic mass is 127. The predicted molar refractivity (Wildman–Crippen MR) is 101 cm³/mol. The molecule has 21 heavy (non-hydrogen) atoms. The molecule has 120 valence electrons. The second-order valence-corrected chi connectivity index (χ2v) is 6.34. The molecule has 3 N–H and O–H groups in total. The summed E-state index contributed by atoms with van der Waals surface area (Å²) in [6.45, 7) is 1.57. The van der Waals surface area contributed by atoms with Crippen LogP contribution in [0.3, 0.4) is 0 Å². The fraction of sp³-hybridized carbons (Fsp3) is 0.667. The zero-order chi connectivity index (χ0) is 14.3. The van der Waals surface area contributed by atoms with E-state index in [-0.39, 0.29) is 36.0 Å². The van der Waals surface area contributed by atoms with Gasteiger partial charge < -0.3 is 15.7 Å². The zero-order valence-electron chi connectivity index (χ0n) is 12.6. The van der Waals surface area contributed by atoms with Crippen LogP contribution >= 0.6 is 35.3 Å². The standard InChI is InChI=1S/C15H25N3OS.HI/c1-16-14(17-9-10-19)18-12-15(7-3-2-4-8-15)13-6-5-11-20-13;/h5-6,11,19H,2-4,7-10,12H2,1H3,(H2,16,17,18);1H. The third-order valence-electron chi connectivity index (χ3n) is 4.08. The van der Waals surface area contributed by atoms with Gasteiger partial charge >= 0.3 is 0 Å². The molecule has 6 heteroatoms. The molecule has 0 spiro atoms. The van der Waals surface area contributed by atoms with E-state index in [9.17, 15) is 0 Å². The van der Waals surface area contributed by atoms with E-state index in [2.05, 4.69) is 33.1 Å². The monoisotopic (exact) mass is 423 g/mol. The highest BCUT2D eigenvalue weighted by Crippen LogP contribution is 2.40. The van der Waals surface area contributed by atoms with Gasteiger partial charge in [-0.05, 0) is 24.3 Å². The lowest BCUT2D eigenvalue weighted by molar-refractivity contribution is 0.292. The molecule has 1 aliphatic rings. The number of nitrogens with one attached hydrogen (secondary N) is 2. The van der Waals surface area contributed by atoms with E-state index in [0.717, 1.165) is 12.5 Å². The van der Waals surface area contributed by atoms with E-state index in [4.69, 9.17) is 5.11 Å². The largest absolute Gasteiger partial charge is 0.395 e. The van der Waals surface area contributed by atoms with Crippen LogP contribution < -0.4 is 10.6 Å². The fourth-order valence-electron chi connectivity index (χ4n) is 2.97. The number of halogens is 1. The lowest BCUT2D eigenvalue weighted by Gasteiger charge is -2.37. The minimum absolute atomic E-state index is 0. The van der Waals surface area contributed by atoms with Gasteiger partial charge in [0, 0.05) is 30.4 Å². The number of hydrogen-bond acceptors (Lipinski definition) is 3. The van der Waals surface area contributed by atoms with Crippen LogP contribution in [0.1, 0.15) is 37.0 Å². The molecule has 0 unspecified atom stereocenters. The Balaban J connectivity index is 0.00000220. The smallest absolute Gasteiger partial charge is 0.191 e. The van der Waals surface area contributed by atoms with Crippen LogP contribution in [0.2, 0.25) is 0 Å². The van der Waals surface area contributed by atoms with E-state index in [1.807, 2.05) is 11.3 Å². The van der Waals surface area contributed by atoms with Gasteiger partial charge in [-0.3, -0.25) is 4.99 Å². The van der Waals surface area contributed by atoms with Gasteiger partial charge in [0.15, 0.2) is 5.96 Å². The number of aliphatic hydroxyl groups is 1. The normalized spacial score (nSPS) is 17.9. The molecule has 0 amide bonds. The molecule has 0 bridgehead atoms. The van der Waals surface area contributed by atoms with Crippen molar-refractivity contribution >= 4 is 41.3 Å². The molecule has 0 atom stereocenters. The van der Waals surface area contributed by atoms with Crippen molar-refractivity contribution in [2.24, 2.45) is 4.99 Å². The fourth-order valence-corrected chi connectivity index (χ4v) is 3.95. The van der Waals surface area contributed by atoms with E-state index < -0.39 is 0 Å². The van der Waals surface area contributed by atoms with Crippen LogP contribution in [-0.2, 0) is 5.41 Å². The average molecular weight is 423 g/mol. The van der Waals surface area contributed by atoms with Crippen molar-refractivity contribution in [1.82, 2.24) is 10.6 Å². The highest BCUT2D eigenvalue weighted by molar-refractivity contribution is 14.0. The summed E-state index contributed by atoms with van der Waals surface area (Å²) in [7, 11) is 1.77. The average Bonchev–Trinajstić information content (AvgIpc) is 3.03. The molecule has 1 aromatic heterocycles. The number of thiophene rings is 1. The number of aliphatic hydroxyl groups excluding tert-OH is 1. The molecule has 4 nitrogen and oxygen atoms in total. The van der Waals surface area contributed by atoms with Crippen molar-refractivity contribution in [3.63, 3.8) is 0 Å². The molecule has 1 heterocycles. The minimum Gasteiger partial charge on any atom is -0.395 e. The minimum atomic E-state index is 0. The lowest BCUT2D eigenvalue weighted by atomic mass is 9.73. The molecular formula is C15H26IN3OS. The molecule has 1 aliphatic carbocycles. The number of rotatable bonds is 5. The van der Waals surface area contributed by atoms with Gasteiger partial charge in [-0.15, -0.1) is 35.3 Å². The van der Waals surface area contributed by atoms with Gasteiger partial charge in [0.2, 0.25) is 0 Å². The van der Waals surface area contributed by atoms with Crippen molar-refractivity contribution < 1.29 is 5.11 Å². The summed E-state index contributed by atoms with van der Waals surface area (Å²) in [4.78, 5) is 5.70. The third-order valence-corrected chi connectivity index (χ3v) is 5.19. The summed E-state index contributed by atoms with van der Waals surface area (Å²) in [5, 5.41) is 17.6. The van der Waals surface area contributed by atoms with Crippen molar-refractivity contribution in [1.29, 1.82) is 0 Å². The van der Waals surface area contributed by atoms with Crippen LogP contribution in [0, 0.1) is 0 Å². The summed E-state index contributed by atoms with van der Waals surface area (Å²) in [5.41, 5.74) is 0.253. The van der Waals surface area contributed by atoms with Crippen molar-refractivity contribution in [3.8, 4) is 0 Å². The Morgan fingerprint density at radius 3 is 2.67 bits per heavy atom. The second kappa shape index (κ2) is 9.63. The Kier molecular flexibility index (Phi) is 8.58. The van der Waals surface area contributed by atoms with E-state index in [0.29, 0.717) is 6.54 Å². The SMILES string of the molecule is CN=C(NCCO)NCC1(c2cccs2)CCCCC1.I. The first kappa shape index (κ1) is 18.7. The summed E-state index contributed by atoms with van der Waals surface area (Å²) in [6.07, 6.45) is 6.46. The maximum Gasteiger partial charge on any atom is 0.191 e. The quantitative estimate of drug-likeness (QED) is 0.388. The first-order valence-corrected chi connectivity index (χ1v) is 8.28. The number of guanidine groups is 1. The van der Waals surface area contributed by atoms with Crippen LogP contribution in [-0.4, -0.2) is 37.8 Å². The Morgan fingerprint density at radius 1 is 1.33 bits per heavy atom. The first-order chi connectivity index (χ1) is 9.80. The summed E-state index contributed by atoms with van der Waals surface area (Å²) in [5.74, 6) is 0.778. The van der Waals surface area contributed by atoms with Gasteiger partial charge in [-0.2, -0.15) is 0 Å². The third kappa shape index (κ3) is 5.10. The van der Waals surface area contributed by atoms with Gasteiger partial charge in [0.1, 0.15) is 0 Å². The van der Waals surface area contributed by atoms with Gasteiger partial charge in [0.05, 0.1) is 6.61 Å². The van der Waals surface area contributed by atoms with Crippen molar-refractivity contribution in [2.45, 2.75) is 37.5 Å². The maximum absolute atomic E-state index is 8.88. The highest BCUT2D eigenvalue weighted by Gasteiger charge is 2.34. The van der Waals surface area contributed by atoms with Crippen molar-refractivity contribution in [2.75, 3.05) is 26.7 Å². The lowest BCUT2D eigenvalue weighted by Crippen LogP contribution is -2.46. The number of aliphatic imine (C=N–C) groups is 1. The molecule has 2 rings (SSSR count). The molecular weight excluding hydrogens is 397 g/mol. The van der Waals surface area contributed by atoms with Gasteiger partial charge in [-0.25, -0.2) is 0 Å². The van der Waals surface area contributed by atoms with Gasteiger partial charge in [-0.1, -0.05) is 25.3 Å². The molecule has 0 aliphatic heterocycles. The summed E-state index contributed by atoms with van der Waals surface area (Å²) < 4.78 is 0. The summed E-state index contributed by atoms with van der Waals surface area (Å²) in [6, 6.07) is 4.41. The van der Waals surface area contributed by atoms with Crippen LogP contribution in [0.4, 0.5) is 0 Å². The molecule has 1 aromatic rings. The van der Waals surface area contributed by atoms with E-state index in [1.54, 1.807) is 7.05 Å². The topological polar surface area (TPSA) is 56.7 Å². The Hall–Kier alpha value is -0.340. The molecule has 0 aromatic carbocycles. The van der Waals surface area contributed by atoms with E-state index >= 15 is 0 Å². The Morgan fingerprint density at radius 2 is 2.10 bits per heavy atom. The maximum atomic E-state index is 8.88. The predicted octanol–water partition coefficient (Wildman–Crippen LogP) is 2.73. The van der Waals surface area contributed by atoms with Crippen molar-refractivity contribution in [3.05, 3.63) is 22.4 Å². The van der Waals surface area contributed by atoms with Crippen LogP contribution in [0.25, 0.3) is 0 Å². The summed E-state index contributed by atoms with van der Waals surface area (Å²) >= 11 is 1.87. The van der Waals surface area contributed by atoms with Crippen LogP contribution in [0.5, 0.6) is 0 Å². The molecule has 0 saturated heterocycles. The Bertz CT molecular complexity index is 417. The zero-order valence-corrected chi connectivity index (χ0v) is 15.7. The van der Waals surface area contributed by atoms with Crippen LogP contribution in [0.15, 0.2) is 22.5 Å². The second-order valence-electron chi connectivity index (χ2n) is 5.39. The van der Waals surface area contributed by atoms with Gasteiger partial charge in [0.25, 0.3) is 0 Å².